The first-order valence-corrected chi connectivity index (χ1v) is 14.1. The molecule has 0 aliphatic heterocycles. The Morgan fingerprint density at radius 3 is 1.95 bits per heavy atom. The van der Waals surface area contributed by atoms with E-state index < -0.39 is 28.0 Å². The van der Waals surface area contributed by atoms with Crippen molar-refractivity contribution in [2.24, 2.45) is 0 Å². The molecule has 196 valence electrons. The van der Waals surface area contributed by atoms with E-state index in [0.29, 0.717) is 0 Å². The highest BCUT2D eigenvalue weighted by Gasteiger charge is 2.30. The molecule has 1 unspecified atom stereocenters. The second-order valence-corrected chi connectivity index (χ2v) is 10.8. The van der Waals surface area contributed by atoms with Gasteiger partial charge in [0.15, 0.2) is 0 Å². The average Bonchev–Trinajstić information content (AvgIpc) is 2.93. The number of ether oxygens (including phenoxy) is 1. The fraction of sp³-hybridized carbons (Fsp3) is 0.167. The first-order valence-electron chi connectivity index (χ1n) is 12.3. The average molecular weight is 549 g/mol. The minimum absolute atomic E-state index is 0.125. The minimum Gasteiger partial charge on any atom is -0.492 e. The molecule has 4 aromatic rings. The number of hydrogen-bond acceptors (Lipinski definition) is 4. The van der Waals surface area contributed by atoms with E-state index in [9.17, 15) is 13.2 Å². The molecule has 0 saturated carbocycles. The van der Waals surface area contributed by atoms with Crippen LogP contribution in [0.25, 0.3) is 0 Å². The van der Waals surface area contributed by atoms with Gasteiger partial charge in [0.05, 0.1) is 12.6 Å². The molecule has 1 atom stereocenters. The first-order chi connectivity index (χ1) is 18.4. The number of sulfonamides is 1. The number of nitrogens with one attached hydrogen (secondary N) is 2. The lowest BCUT2D eigenvalue weighted by Crippen LogP contribution is -2.49. The van der Waals surface area contributed by atoms with Crippen LogP contribution in [-0.2, 0) is 21.2 Å². The summed E-state index contributed by atoms with van der Waals surface area (Å²) < 4.78 is 35.3. The molecule has 0 spiro atoms. The van der Waals surface area contributed by atoms with E-state index in [2.05, 4.69) is 10.0 Å². The van der Waals surface area contributed by atoms with Gasteiger partial charge in [0.1, 0.15) is 16.7 Å². The summed E-state index contributed by atoms with van der Waals surface area (Å²) in [6.45, 7) is 2.03. The lowest BCUT2D eigenvalue weighted by atomic mass is 9.97. The molecular formula is C30H29ClN2O4S. The standard InChI is InChI=1S/C30H29ClN2O4S/c1-2-37-27-19-18-25(31)21-28(27)38(35,36)33-26(20-22-12-6-3-7-13-22)30(34)32-29(23-14-8-4-9-15-23)24-16-10-5-11-17-24/h3-19,21,26,29,33H,2,20H2,1H3,(H,32,34). The van der Waals surface area contributed by atoms with Crippen LogP contribution < -0.4 is 14.8 Å². The topological polar surface area (TPSA) is 84.5 Å². The molecule has 0 fully saturated rings. The molecule has 0 heterocycles. The van der Waals surface area contributed by atoms with Gasteiger partial charge >= 0.3 is 0 Å². The molecule has 1 amide bonds. The zero-order valence-electron chi connectivity index (χ0n) is 20.9. The van der Waals surface area contributed by atoms with Crippen LogP contribution in [0.4, 0.5) is 0 Å². The van der Waals surface area contributed by atoms with E-state index in [1.165, 1.54) is 12.1 Å². The van der Waals surface area contributed by atoms with Crippen LogP contribution in [0.2, 0.25) is 5.02 Å². The fourth-order valence-corrected chi connectivity index (χ4v) is 5.75. The second-order valence-electron chi connectivity index (χ2n) is 8.65. The minimum atomic E-state index is -4.19. The molecule has 4 aromatic carbocycles. The Hall–Kier alpha value is -3.65. The molecule has 4 rings (SSSR count). The monoisotopic (exact) mass is 548 g/mol. The van der Waals surface area contributed by atoms with Crippen molar-refractivity contribution in [2.45, 2.75) is 30.3 Å². The van der Waals surface area contributed by atoms with Crippen LogP contribution in [0.1, 0.15) is 29.7 Å². The molecule has 8 heteroatoms. The summed E-state index contributed by atoms with van der Waals surface area (Å²) >= 11 is 6.13. The van der Waals surface area contributed by atoms with E-state index in [1.807, 2.05) is 91.0 Å². The van der Waals surface area contributed by atoms with Crippen molar-refractivity contribution in [3.63, 3.8) is 0 Å². The Balaban J connectivity index is 1.69. The Morgan fingerprint density at radius 2 is 1.39 bits per heavy atom. The lowest BCUT2D eigenvalue weighted by molar-refractivity contribution is -0.123. The summed E-state index contributed by atoms with van der Waals surface area (Å²) in [6, 6.07) is 31.2. The second kappa shape index (κ2) is 12.7. The van der Waals surface area contributed by atoms with E-state index in [1.54, 1.807) is 13.0 Å². The normalized spacial score (nSPS) is 12.2. The van der Waals surface area contributed by atoms with E-state index >= 15 is 0 Å². The molecule has 0 bridgehead atoms. The SMILES string of the molecule is CCOc1ccc(Cl)cc1S(=O)(=O)NC(Cc1ccccc1)C(=O)NC(c1ccccc1)c1ccccc1. The van der Waals surface area contributed by atoms with Crippen LogP contribution in [0.5, 0.6) is 5.75 Å². The van der Waals surface area contributed by atoms with Gasteiger partial charge in [-0.05, 0) is 48.2 Å². The summed E-state index contributed by atoms with van der Waals surface area (Å²) in [7, 11) is -4.19. The van der Waals surface area contributed by atoms with Gasteiger partial charge in [0, 0.05) is 5.02 Å². The molecule has 2 N–H and O–H groups in total. The van der Waals surface area contributed by atoms with Crippen LogP contribution in [0, 0.1) is 0 Å². The van der Waals surface area contributed by atoms with E-state index in [-0.39, 0.29) is 28.7 Å². The van der Waals surface area contributed by atoms with Gasteiger partial charge in [0.2, 0.25) is 15.9 Å². The summed E-state index contributed by atoms with van der Waals surface area (Å²) in [6.07, 6.45) is 0.146. The van der Waals surface area contributed by atoms with Gasteiger partial charge in [-0.15, -0.1) is 0 Å². The van der Waals surface area contributed by atoms with Crippen molar-refractivity contribution >= 4 is 27.5 Å². The Bertz CT molecular complexity index is 1410. The number of benzene rings is 4. The number of carbonyl (C=O) groups is 1. The van der Waals surface area contributed by atoms with Crippen LogP contribution in [-0.4, -0.2) is 27.0 Å². The van der Waals surface area contributed by atoms with E-state index in [4.69, 9.17) is 16.3 Å². The molecule has 0 aromatic heterocycles. The molecule has 6 nitrogen and oxygen atoms in total. The highest BCUT2D eigenvalue weighted by atomic mass is 35.5. The van der Waals surface area contributed by atoms with Crippen molar-refractivity contribution in [3.05, 3.63) is 131 Å². The quantitative estimate of drug-likeness (QED) is 0.258. The van der Waals surface area contributed by atoms with Gasteiger partial charge in [-0.3, -0.25) is 4.79 Å². The summed E-state index contributed by atoms with van der Waals surface area (Å²) in [5.74, 6) is -0.301. The third-order valence-corrected chi connectivity index (χ3v) is 7.67. The van der Waals surface area contributed by atoms with Crippen molar-refractivity contribution in [1.29, 1.82) is 0 Å². The summed E-state index contributed by atoms with van der Waals surface area (Å²) in [4.78, 5) is 13.7. The maximum absolute atomic E-state index is 13.8. The van der Waals surface area contributed by atoms with Gasteiger partial charge in [-0.25, -0.2) is 8.42 Å². The van der Waals surface area contributed by atoms with Crippen molar-refractivity contribution in [1.82, 2.24) is 10.0 Å². The summed E-state index contributed by atoms with van der Waals surface area (Å²) in [5, 5.41) is 3.31. The predicted molar refractivity (Wildman–Crippen MR) is 150 cm³/mol. The predicted octanol–water partition coefficient (Wildman–Crippen LogP) is 5.53. The maximum atomic E-state index is 13.8. The van der Waals surface area contributed by atoms with Crippen molar-refractivity contribution < 1.29 is 17.9 Å². The molecule has 0 aliphatic carbocycles. The number of amides is 1. The lowest BCUT2D eigenvalue weighted by Gasteiger charge is -2.25. The smallest absolute Gasteiger partial charge is 0.245 e. The molecule has 38 heavy (non-hydrogen) atoms. The van der Waals surface area contributed by atoms with Crippen LogP contribution >= 0.6 is 11.6 Å². The maximum Gasteiger partial charge on any atom is 0.245 e. The number of hydrogen-bond donors (Lipinski definition) is 2. The van der Waals surface area contributed by atoms with Crippen molar-refractivity contribution in [2.75, 3.05) is 6.61 Å². The number of halogens is 1. The van der Waals surface area contributed by atoms with Gasteiger partial charge in [-0.2, -0.15) is 4.72 Å². The Morgan fingerprint density at radius 1 is 0.842 bits per heavy atom. The molecule has 0 aliphatic rings. The molecule has 0 saturated heterocycles. The highest BCUT2D eigenvalue weighted by molar-refractivity contribution is 7.89. The zero-order chi connectivity index (χ0) is 27.0. The first kappa shape index (κ1) is 27.4. The summed E-state index contributed by atoms with van der Waals surface area (Å²) in [5.41, 5.74) is 2.56. The third-order valence-electron chi connectivity index (χ3n) is 5.94. The zero-order valence-corrected chi connectivity index (χ0v) is 22.5. The highest BCUT2D eigenvalue weighted by Crippen LogP contribution is 2.28. The van der Waals surface area contributed by atoms with Crippen molar-refractivity contribution in [3.8, 4) is 5.75 Å². The third kappa shape index (κ3) is 7.01. The van der Waals surface area contributed by atoms with Gasteiger partial charge in [0.25, 0.3) is 0 Å². The van der Waals surface area contributed by atoms with Crippen LogP contribution in [0.3, 0.4) is 0 Å². The van der Waals surface area contributed by atoms with Gasteiger partial charge < -0.3 is 10.1 Å². The molecular weight excluding hydrogens is 520 g/mol. The number of carbonyl (C=O) groups excluding carboxylic acids is 1. The Labute approximate surface area is 228 Å². The fourth-order valence-electron chi connectivity index (χ4n) is 4.15. The number of rotatable bonds is 11. The Kier molecular flexibility index (Phi) is 9.18. The van der Waals surface area contributed by atoms with E-state index in [0.717, 1.165) is 16.7 Å². The van der Waals surface area contributed by atoms with Gasteiger partial charge in [-0.1, -0.05) is 103 Å². The largest absolute Gasteiger partial charge is 0.492 e. The molecule has 0 radical (unpaired) electrons. The van der Waals surface area contributed by atoms with Crippen LogP contribution in [0.15, 0.2) is 114 Å².